The molecule has 0 radical (unpaired) electrons. The molecule has 2 aliphatic rings. The molecule has 2 fully saturated rings. The van der Waals surface area contributed by atoms with Crippen LogP contribution in [0.4, 0.5) is 32.0 Å². The summed E-state index contributed by atoms with van der Waals surface area (Å²) < 4.78 is 85.2. The Balaban J connectivity index is 1.90. The van der Waals surface area contributed by atoms with Gasteiger partial charge in [0, 0.05) is 24.8 Å². The third-order valence-corrected chi connectivity index (χ3v) is 5.11. The molecule has 2 N–H and O–H groups in total. The number of carbonyl (C=O) groups excluding carboxylic acids is 1. The van der Waals surface area contributed by atoms with E-state index in [-0.39, 0.29) is 19.1 Å². The highest BCUT2D eigenvalue weighted by Gasteiger charge is 2.53. The summed E-state index contributed by atoms with van der Waals surface area (Å²) in [5.41, 5.74) is 3.24. The molecule has 0 bridgehead atoms. The maximum absolute atomic E-state index is 13.5. The summed E-state index contributed by atoms with van der Waals surface area (Å²) in [4.78, 5) is 14.5. The Morgan fingerprint density at radius 3 is 2.33 bits per heavy atom. The maximum Gasteiger partial charge on any atom is 0.433 e. The highest BCUT2D eigenvalue weighted by atomic mass is 19.4. The van der Waals surface area contributed by atoms with Crippen LogP contribution in [0.2, 0.25) is 0 Å². The number of ether oxygens (including phenoxy) is 1. The number of hydrogen-bond acceptors (Lipinski definition) is 5. The molecule has 0 saturated carbocycles. The molecule has 6 nitrogen and oxygen atoms in total. The standard InChI is InChI=1S/C18H18F6N4O2/c19-17(20,21)13-7-12(2-1-10(13)8-25)28-9-14(30-16(28)18(22,23)24)15(29)27-5-3-11(26)4-6-27/h1-2,7,11,14,16H,3-6,9,26H2. The number of alkyl halides is 6. The van der Waals surface area contributed by atoms with Crippen LogP contribution in [0.25, 0.3) is 0 Å². The summed E-state index contributed by atoms with van der Waals surface area (Å²) in [6.45, 7) is -0.0357. The van der Waals surface area contributed by atoms with Crippen LogP contribution in [-0.2, 0) is 15.7 Å². The summed E-state index contributed by atoms with van der Waals surface area (Å²) in [6.07, 6.45) is -13.0. The second-order valence-electron chi connectivity index (χ2n) is 7.17. The van der Waals surface area contributed by atoms with Crippen molar-refractivity contribution < 1.29 is 35.9 Å². The highest BCUT2D eigenvalue weighted by molar-refractivity contribution is 5.82. The Kier molecular flexibility index (Phi) is 5.88. The van der Waals surface area contributed by atoms with Crippen molar-refractivity contribution in [2.24, 2.45) is 5.73 Å². The van der Waals surface area contributed by atoms with Crippen LogP contribution in [0.1, 0.15) is 24.0 Å². The number of halogens is 6. The van der Waals surface area contributed by atoms with E-state index in [1.54, 1.807) is 0 Å². The second-order valence-corrected chi connectivity index (χ2v) is 7.17. The predicted molar refractivity (Wildman–Crippen MR) is 92.0 cm³/mol. The molecule has 1 amide bonds. The van der Waals surface area contributed by atoms with E-state index in [2.05, 4.69) is 0 Å². The van der Waals surface area contributed by atoms with Gasteiger partial charge in [-0.05, 0) is 31.0 Å². The number of amides is 1. The van der Waals surface area contributed by atoms with Crippen molar-refractivity contribution in [3.63, 3.8) is 0 Å². The number of benzene rings is 1. The van der Waals surface area contributed by atoms with Gasteiger partial charge in [-0.2, -0.15) is 31.6 Å². The van der Waals surface area contributed by atoms with Gasteiger partial charge in [-0.3, -0.25) is 4.79 Å². The molecule has 2 heterocycles. The molecule has 2 unspecified atom stereocenters. The summed E-state index contributed by atoms with van der Waals surface area (Å²) in [7, 11) is 0. The normalized spacial score (nSPS) is 23.5. The summed E-state index contributed by atoms with van der Waals surface area (Å²) >= 11 is 0. The SMILES string of the molecule is N#Cc1ccc(N2CC(C(=O)N3CCC(N)CC3)OC2C(F)(F)F)cc1C(F)(F)F. The molecule has 2 aliphatic heterocycles. The zero-order chi connectivity index (χ0) is 22.3. The first-order chi connectivity index (χ1) is 13.9. The number of nitrogens with two attached hydrogens (primary N) is 1. The van der Waals surface area contributed by atoms with Gasteiger partial charge >= 0.3 is 12.4 Å². The molecule has 0 spiro atoms. The largest absolute Gasteiger partial charge is 0.433 e. The lowest BCUT2D eigenvalue weighted by atomic mass is 10.1. The smallest absolute Gasteiger partial charge is 0.340 e. The van der Waals surface area contributed by atoms with Gasteiger partial charge < -0.3 is 20.3 Å². The summed E-state index contributed by atoms with van der Waals surface area (Å²) in [6, 6.07) is 3.51. The molecule has 1 aromatic rings. The number of carbonyl (C=O) groups is 1. The van der Waals surface area contributed by atoms with E-state index in [9.17, 15) is 31.1 Å². The van der Waals surface area contributed by atoms with Crippen LogP contribution in [0, 0.1) is 11.3 Å². The van der Waals surface area contributed by atoms with Crippen LogP contribution >= 0.6 is 0 Å². The first-order valence-electron chi connectivity index (χ1n) is 9.06. The molecule has 1 aromatic carbocycles. The average Bonchev–Trinajstić information content (AvgIpc) is 3.13. The van der Waals surface area contributed by atoms with Gasteiger partial charge in [0.2, 0.25) is 6.23 Å². The first kappa shape index (κ1) is 22.2. The topological polar surface area (TPSA) is 82.6 Å². The number of nitrogens with zero attached hydrogens (tertiary/aromatic N) is 3. The van der Waals surface area contributed by atoms with Gasteiger partial charge in [-0.25, -0.2) is 0 Å². The molecule has 12 heteroatoms. The van der Waals surface area contributed by atoms with Gasteiger partial charge in [0.1, 0.15) is 0 Å². The third-order valence-electron chi connectivity index (χ3n) is 5.11. The molecule has 164 valence electrons. The molecule has 0 aliphatic carbocycles. The van der Waals surface area contributed by atoms with Crippen LogP contribution in [0.15, 0.2) is 18.2 Å². The van der Waals surface area contributed by atoms with Crippen LogP contribution in [-0.4, -0.2) is 55.0 Å². The Labute approximate surface area is 167 Å². The second kappa shape index (κ2) is 7.96. The highest BCUT2D eigenvalue weighted by Crippen LogP contribution is 2.39. The van der Waals surface area contributed by atoms with Crippen LogP contribution < -0.4 is 10.6 Å². The number of rotatable bonds is 2. The zero-order valence-electron chi connectivity index (χ0n) is 15.5. The van der Waals surface area contributed by atoms with E-state index in [1.165, 1.54) is 11.0 Å². The molecule has 0 aromatic heterocycles. The van der Waals surface area contributed by atoms with Gasteiger partial charge in [0.25, 0.3) is 5.91 Å². The maximum atomic E-state index is 13.5. The van der Waals surface area contributed by atoms with Crippen LogP contribution in [0.5, 0.6) is 0 Å². The Morgan fingerprint density at radius 1 is 1.17 bits per heavy atom. The monoisotopic (exact) mass is 436 g/mol. The minimum atomic E-state index is -4.95. The van der Waals surface area contributed by atoms with Gasteiger partial charge in [-0.1, -0.05) is 0 Å². The average molecular weight is 436 g/mol. The van der Waals surface area contributed by atoms with Crippen molar-refractivity contribution in [3.8, 4) is 6.07 Å². The van der Waals surface area contributed by atoms with E-state index >= 15 is 0 Å². The fourth-order valence-electron chi connectivity index (χ4n) is 3.54. The van der Waals surface area contributed by atoms with E-state index in [1.807, 2.05) is 0 Å². The van der Waals surface area contributed by atoms with Gasteiger partial charge in [-0.15, -0.1) is 0 Å². The minimum Gasteiger partial charge on any atom is -0.340 e. The number of piperidine rings is 1. The summed E-state index contributed by atoms with van der Waals surface area (Å²) in [5.74, 6) is -0.664. The molecule has 30 heavy (non-hydrogen) atoms. The molecular formula is C18H18F6N4O2. The number of anilines is 1. The zero-order valence-corrected chi connectivity index (χ0v) is 15.5. The van der Waals surface area contributed by atoms with Crippen molar-refractivity contribution in [2.45, 2.75) is 43.6 Å². The fourth-order valence-corrected chi connectivity index (χ4v) is 3.54. The molecule has 2 saturated heterocycles. The molecule has 3 rings (SSSR count). The van der Waals surface area contributed by atoms with Gasteiger partial charge in [0.15, 0.2) is 6.10 Å². The Hall–Kier alpha value is -2.52. The number of nitriles is 1. The van der Waals surface area contributed by atoms with Crippen LogP contribution in [0.3, 0.4) is 0 Å². The van der Waals surface area contributed by atoms with E-state index in [0.717, 1.165) is 12.1 Å². The molecular weight excluding hydrogens is 418 g/mol. The van der Waals surface area contributed by atoms with Crippen molar-refractivity contribution in [1.82, 2.24) is 4.90 Å². The van der Waals surface area contributed by atoms with E-state index in [4.69, 9.17) is 15.7 Å². The Morgan fingerprint density at radius 2 is 1.80 bits per heavy atom. The van der Waals surface area contributed by atoms with Crippen molar-refractivity contribution in [1.29, 1.82) is 5.26 Å². The van der Waals surface area contributed by atoms with E-state index in [0.29, 0.717) is 23.8 Å². The van der Waals surface area contributed by atoms with Crippen molar-refractivity contribution in [3.05, 3.63) is 29.3 Å². The number of likely N-dealkylation sites (tertiary alicyclic amines) is 1. The lowest BCUT2D eigenvalue weighted by Crippen LogP contribution is -2.47. The summed E-state index contributed by atoms with van der Waals surface area (Å²) in [5, 5.41) is 8.87. The van der Waals surface area contributed by atoms with Crippen molar-refractivity contribution in [2.75, 3.05) is 24.5 Å². The van der Waals surface area contributed by atoms with Gasteiger partial charge in [0.05, 0.1) is 23.7 Å². The quantitative estimate of drug-likeness (QED) is 0.721. The first-order valence-corrected chi connectivity index (χ1v) is 9.06. The van der Waals surface area contributed by atoms with E-state index < -0.39 is 54.0 Å². The molecule has 2 atom stereocenters. The Bertz CT molecular complexity index is 843. The lowest BCUT2D eigenvalue weighted by molar-refractivity contribution is -0.215. The predicted octanol–water partition coefficient (Wildman–Crippen LogP) is 2.62. The van der Waals surface area contributed by atoms with Crippen molar-refractivity contribution >= 4 is 11.6 Å². The lowest BCUT2D eigenvalue weighted by Gasteiger charge is -2.31. The third kappa shape index (κ3) is 4.46. The number of hydrogen-bond donors (Lipinski definition) is 1. The minimum absolute atomic E-state index is 0.0996. The fraction of sp³-hybridized carbons (Fsp3) is 0.556.